The Labute approximate surface area is 129 Å². The molecule has 1 aliphatic heterocycles. The first kappa shape index (κ1) is 14.5. The van der Waals surface area contributed by atoms with Crippen molar-refractivity contribution >= 4 is 11.5 Å². The number of hydrogen-bond acceptors (Lipinski definition) is 4. The second-order valence-corrected chi connectivity index (χ2v) is 5.75. The van der Waals surface area contributed by atoms with Crippen molar-refractivity contribution in [2.75, 3.05) is 18.0 Å². The van der Waals surface area contributed by atoms with Crippen LogP contribution in [0.3, 0.4) is 0 Å². The van der Waals surface area contributed by atoms with Crippen LogP contribution in [-0.2, 0) is 6.42 Å². The minimum atomic E-state index is -0.414. The Bertz CT molecular complexity index is 620. The van der Waals surface area contributed by atoms with E-state index in [1.807, 2.05) is 6.07 Å². The van der Waals surface area contributed by atoms with Gasteiger partial charge in [-0.1, -0.05) is 30.3 Å². The van der Waals surface area contributed by atoms with E-state index in [1.54, 1.807) is 6.07 Å². The van der Waals surface area contributed by atoms with Gasteiger partial charge in [0.2, 0.25) is 0 Å². The number of nitrogens with zero attached hydrogens (tertiary/aromatic N) is 3. The quantitative estimate of drug-likeness (QED) is 0.640. The van der Waals surface area contributed by atoms with E-state index in [9.17, 15) is 10.1 Å². The summed E-state index contributed by atoms with van der Waals surface area (Å²) in [6.45, 7) is 1.92. The molecule has 1 fully saturated rings. The molecular formula is C17H19N3O2. The van der Waals surface area contributed by atoms with Crippen LogP contribution in [0, 0.1) is 16.0 Å². The van der Waals surface area contributed by atoms with Gasteiger partial charge in [-0.25, -0.2) is 4.98 Å². The number of hydrogen-bond donors (Lipinski definition) is 0. The van der Waals surface area contributed by atoms with Crippen molar-refractivity contribution in [2.24, 2.45) is 5.92 Å². The lowest BCUT2D eigenvalue weighted by atomic mass is 9.90. The maximum atomic E-state index is 10.7. The number of nitro groups is 1. The predicted octanol–water partition coefficient (Wildman–Crippen LogP) is 3.45. The second kappa shape index (κ2) is 6.56. The third kappa shape index (κ3) is 3.42. The molecule has 1 aromatic carbocycles. The highest BCUT2D eigenvalue weighted by molar-refractivity contribution is 5.43. The number of pyridine rings is 1. The Morgan fingerprint density at radius 2 is 1.86 bits per heavy atom. The van der Waals surface area contributed by atoms with Crippen LogP contribution in [0.5, 0.6) is 0 Å². The molecule has 114 valence electrons. The molecular weight excluding hydrogens is 278 g/mol. The zero-order chi connectivity index (χ0) is 15.4. The Morgan fingerprint density at radius 1 is 1.14 bits per heavy atom. The third-order valence-electron chi connectivity index (χ3n) is 4.25. The molecule has 1 saturated heterocycles. The summed E-state index contributed by atoms with van der Waals surface area (Å²) in [7, 11) is 0. The summed E-state index contributed by atoms with van der Waals surface area (Å²) < 4.78 is 0. The van der Waals surface area contributed by atoms with Crippen molar-refractivity contribution in [3.8, 4) is 0 Å². The van der Waals surface area contributed by atoms with Gasteiger partial charge in [-0.2, -0.15) is 0 Å². The van der Waals surface area contributed by atoms with Gasteiger partial charge < -0.3 is 4.90 Å². The van der Waals surface area contributed by atoms with Gasteiger partial charge in [-0.15, -0.1) is 0 Å². The van der Waals surface area contributed by atoms with Crippen molar-refractivity contribution in [1.82, 2.24) is 4.98 Å². The van der Waals surface area contributed by atoms with Gasteiger partial charge in [-0.05, 0) is 36.8 Å². The molecule has 0 aliphatic carbocycles. The van der Waals surface area contributed by atoms with Crippen molar-refractivity contribution in [3.05, 3.63) is 64.3 Å². The molecule has 5 heteroatoms. The van der Waals surface area contributed by atoms with Gasteiger partial charge in [0.25, 0.3) is 5.69 Å². The Hall–Kier alpha value is -2.43. The first-order valence-electron chi connectivity index (χ1n) is 7.61. The second-order valence-electron chi connectivity index (χ2n) is 5.75. The fourth-order valence-electron chi connectivity index (χ4n) is 2.99. The van der Waals surface area contributed by atoms with E-state index in [0.29, 0.717) is 5.92 Å². The molecule has 0 spiro atoms. The lowest BCUT2D eigenvalue weighted by molar-refractivity contribution is -0.385. The minimum absolute atomic E-state index is 0.0442. The van der Waals surface area contributed by atoms with Gasteiger partial charge >= 0.3 is 0 Å². The largest absolute Gasteiger partial charge is 0.357 e. The highest BCUT2D eigenvalue weighted by Crippen LogP contribution is 2.25. The summed E-state index contributed by atoms with van der Waals surface area (Å²) in [6.07, 6.45) is 4.73. The van der Waals surface area contributed by atoms with Crippen LogP contribution in [0.15, 0.2) is 48.7 Å². The van der Waals surface area contributed by atoms with Crippen molar-refractivity contribution in [1.29, 1.82) is 0 Å². The first-order valence-corrected chi connectivity index (χ1v) is 7.61. The number of benzene rings is 1. The third-order valence-corrected chi connectivity index (χ3v) is 4.25. The van der Waals surface area contributed by atoms with Crippen LogP contribution >= 0.6 is 0 Å². The summed E-state index contributed by atoms with van der Waals surface area (Å²) in [4.78, 5) is 16.7. The highest BCUT2D eigenvalue weighted by atomic mass is 16.6. The van der Waals surface area contributed by atoms with Crippen LogP contribution < -0.4 is 4.90 Å². The number of anilines is 1. The highest BCUT2D eigenvalue weighted by Gasteiger charge is 2.20. The van der Waals surface area contributed by atoms with Gasteiger partial charge in [0.05, 0.1) is 4.92 Å². The smallest absolute Gasteiger partial charge is 0.287 e. The van der Waals surface area contributed by atoms with Gasteiger partial charge in [0.1, 0.15) is 12.0 Å². The molecule has 0 amide bonds. The number of aromatic nitrogens is 1. The standard InChI is InChI=1S/C17H19N3O2/c21-20(22)16-6-7-17(18-13-16)19-10-8-15(9-11-19)12-14-4-2-1-3-5-14/h1-7,13,15H,8-12H2. The summed E-state index contributed by atoms with van der Waals surface area (Å²) in [5.74, 6) is 1.54. The molecule has 2 aromatic rings. The van der Waals surface area contributed by atoms with Crippen LogP contribution in [0.4, 0.5) is 11.5 Å². The van der Waals surface area contributed by atoms with Crippen molar-refractivity contribution in [3.63, 3.8) is 0 Å². The van der Waals surface area contributed by atoms with Gasteiger partial charge in [-0.3, -0.25) is 10.1 Å². The lowest BCUT2D eigenvalue weighted by Crippen LogP contribution is -2.34. The molecule has 5 nitrogen and oxygen atoms in total. The molecule has 0 saturated carbocycles. The molecule has 0 N–H and O–H groups in total. The van der Waals surface area contributed by atoms with E-state index in [1.165, 1.54) is 17.8 Å². The fraction of sp³-hybridized carbons (Fsp3) is 0.353. The van der Waals surface area contributed by atoms with Crippen LogP contribution in [0.25, 0.3) is 0 Å². The molecule has 0 radical (unpaired) electrons. The zero-order valence-corrected chi connectivity index (χ0v) is 12.4. The maximum Gasteiger partial charge on any atom is 0.287 e. The Balaban J connectivity index is 1.56. The molecule has 1 aromatic heterocycles. The lowest BCUT2D eigenvalue weighted by Gasteiger charge is -2.32. The zero-order valence-electron chi connectivity index (χ0n) is 12.4. The molecule has 22 heavy (non-hydrogen) atoms. The van der Waals surface area contributed by atoms with Gasteiger partial charge in [0.15, 0.2) is 0 Å². The average Bonchev–Trinajstić information content (AvgIpc) is 2.57. The molecule has 2 heterocycles. The van der Waals surface area contributed by atoms with Crippen molar-refractivity contribution in [2.45, 2.75) is 19.3 Å². The maximum absolute atomic E-state index is 10.7. The normalized spacial score (nSPS) is 15.7. The van der Waals surface area contributed by atoms with Crippen LogP contribution in [-0.4, -0.2) is 23.0 Å². The molecule has 1 aliphatic rings. The number of piperidine rings is 1. The summed E-state index contributed by atoms with van der Waals surface area (Å²) in [5.41, 5.74) is 1.44. The first-order chi connectivity index (χ1) is 10.7. The molecule has 3 rings (SSSR count). The molecule has 0 unspecified atom stereocenters. The van der Waals surface area contributed by atoms with E-state index in [4.69, 9.17) is 0 Å². The van der Waals surface area contributed by atoms with E-state index in [2.05, 4.69) is 34.1 Å². The van der Waals surface area contributed by atoms with Gasteiger partial charge in [0, 0.05) is 19.2 Å². The van der Waals surface area contributed by atoms with E-state index < -0.39 is 4.92 Å². The Morgan fingerprint density at radius 3 is 2.45 bits per heavy atom. The van der Waals surface area contributed by atoms with E-state index in [0.717, 1.165) is 38.2 Å². The summed E-state index contributed by atoms with van der Waals surface area (Å²) >= 11 is 0. The van der Waals surface area contributed by atoms with Crippen LogP contribution in [0.1, 0.15) is 18.4 Å². The predicted molar refractivity (Wildman–Crippen MR) is 86.0 cm³/mol. The SMILES string of the molecule is O=[N+]([O-])c1ccc(N2CCC(Cc3ccccc3)CC2)nc1. The Kier molecular flexibility index (Phi) is 4.32. The number of rotatable bonds is 4. The van der Waals surface area contributed by atoms with Crippen molar-refractivity contribution < 1.29 is 4.92 Å². The fourth-order valence-corrected chi connectivity index (χ4v) is 2.99. The summed E-state index contributed by atoms with van der Waals surface area (Å²) in [5, 5.41) is 10.7. The summed E-state index contributed by atoms with van der Waals surface area (Å²) in [6, 6.07) is 13.9. The monoisotopic (exact) mass is 297 g/mol. The van der Waals surface area contributed by atoms with E-state index in [-0.39, 0.29) is 5.69 Å². The minimum Gasteiger partial charge on any atom is -0.357 e. The average molecular weight is 297 g/mol. The molecule has 0 bridgehead atoms. The van der Waals surface area contributed by atoms with Crippen LogP contribution in [0.2, 0.25) is 0 Å². The van der Waals surface area contributed by atoms with E-state index >= 15 is 0 Å². The molecule has 0 atom stereocenters. The topological polar surface area (TPSA) is 59.3 Å².